The molecule has 0 aliphatic heterocycles. The highest BCUT2D eigenvalue weighted by atomic mass is 16.6. The van der Waals surface area contributed by atoms with E-state index in [0.29, 0.717) is 11.6 Å². The molecule has 0 saturated carbocycles. The number of nitro groups is 1. The van der Waals surface area contributed by atoms with Crippen LogP contribution in [0.3, 0.4) is 0 Å². The Balaban J connectivity index is 2.53. The number of anilines is 1. The van der Waals surface area contributed by atoms with E-state index in [9.17, 15) is 10.1 Å². The molecule has 2 rings (SSSR count). The van der Waals surface area contributed by atoms with Crippen LogP contribution in [0.15, 0.2) is 24.4 Å². The lowest BCUT2D eigenvalue weighted by Gasteiger charge is -2.04. The van der Waals surface area contributed by atoms with E-state index in [0.717, 1.165) is 5.69 Å². The minimum Gasteiger partial charge on any atom is -0.373 e. The predicted molar refractivity (Wildman–Crippen MR) is 62.3 cm³/mol. The zero-order chi connectivity index (χ0) is 12.4. The predicted octanol–water partition coefficient (Wildman–Crippen LogP) is 1.53. The van der Waals surface area contributed by atoms with E-state index in [2.05, 4.69) is 15.4 Å². The number of pyridine rings is 1. The maximum absolute atomic E-state index is 10.8. The average Bonchev–Trinajstić information content (AvgIpc) is 2.75. The van der Waals surface area contributed by atoms with Gasteiger partial charge in [0.2, 0.25) is 0 Å². The zero-order valence-electron chi connectivity index (χ0n) is 9.41. The zero-order valence-corrected chi connectivity index (χ0v) is 9.41. The Hall–Kier alpha value is -2.44. The van der Waals surface area contributed by atoms with E-state index in [1.54, 1.807) is 19.3 Å². The molecule has 0 bridgehead atoms. The van der Waals surface area contributed by atoms with Crippen LogP contribution in [0, 0.1) is 17.0 Å². The molecule has 0 fully saturated rings. The van der Waals surface area contributed by atoms with Gasteiger partial charge in [0, 0.05) is 13.2 Å². The number of nitrogens with zero attached hydrogens (tertiary/aromatic N) is 4. The van der Waals surface area contributed by atoms with Gasteiger partial charge in [0.25, 0.3) is 5.69 Å². The Kier molecular flexibility index (Phi) is 2.73. The molecule has 0 atom stereocenters. The standard InChI is InChI=1S/C10H11N5O2/c1-7-3-4-14(13-7)10-6-8(15(16)17)5-9(11-2)12-10/h3-6H,1-2H3,(H,11,12). The third-order valence-corrected chi connectivity index (χ3v) is 2.22. The summed E-state index contributed by atoms with van der Waals surface area (Å²) in [5.41, 5.74) is 0.803. The number of rotatable bonds is 3. The first-order chi connectivity index (χ1) is 8.10. The molecule has 7 nitrogen and oxygen atoms in total. The molecule has 88 valence electrons. The number of hydrogen-bond donors (Lipinski definition) is 1. The van der Waals surface area contributed by atoms with E-state index in [-0.39, 0.29) is 5.69 Å². The SMILES string of the molecule is CNc1cc([N+](=O)[O-])cc(-n2ccc(C)n2)n1. The van der Waals surface area contributed by atoms with Crippen molar-refractivity contribution in [3.63, 3.8) is 0 Å². The van der Waals surface area contributed by atoms with Crippen LogP contribution in [0.25, 0.3) is 5.82 Å². The Morgan fingerprint density at radius 3 is 2.76 bits per heavy atom. The molecule has 0 spiro atoms. The summed E-state index contributed by atoms with van der Waals surface area (Å²) in [6.07, 6.45) is 1.71. The van der Waals surface area contributed by atoms with Crippen molar-refractivity contribution in [2.24, 2.45) is 0 Å². The summed E-state index contributed by atoms with van der Waals surface area (Å²) in [5, 5.41) is 17.7. The van der Waals surface area contributed by atoms with Crippen molar-refractivity contribution >= 4 is 11.5 Å². The lowest BCUT2D eigenvalue weighted by atomic mass is 10.3. The van der Waals surface area contributed by atoms with Gasteiger partial charge in [-0.25, -0.2) is 9.67 Å². The minimum atomic E-state index is -0.456. The summed E-state index contributed by atoms with van der Waals surface area (Å²) in [5.74, 6) is 0.846. The Bertz CT molecular complexity index is 564. The van der Waals surface area contributed by atoms with E-state index in [1.807, 2.05) is 6.92 Å². The van der Waals surface area contributed by atoms with Gasteiger partial charge in [-0.05, 0) is 13.0 Å². The van der Waals surface area contributed by atoms with Gasteiger partial charge in [-0.1, -0.05) is 0 Å². The van der Waals surface area contributed by atoms with Gasteiger partial charge in [0.1, 0.15) is 5.82 Å². The van der Waals surface area contributed by atoms with Crippen molar-refractivity contribution in [1.82, 2.24) is 14.8 Å². The number of aromatic nitrogens is 3. The minimum absolute atomic E-state index is 0.0208. The third kappa shape index (κ3) is 2.22. The van der Waals surface area contributed by atoms with Gasteiger partial charge in [0.05, 0.1) is 22.7 Å². The fraction of sp³-hybridized carbons (Fsp3) is 0.200. The number of aryl methyl sites for hydroxylation is 1. The molecule has 0 aliphatic carbocycles. The van der Waals surface area contributed by atoms with Crippen LogP contribution in [0.5, 0.6) is 0 Å². The highest BCUT2D eigenvalue weighted by Gasteiger charge is 2.12. The van der Waals surface area contributed by atoms with Crippen molar-refractivity contribution < 1.29 is 4.92 Å². The number of nitrogens with one attached hydrogen (secondary N) is 1. The quantitative estimate of drug-likeness (QED) is 0.641. The highest BCUT2D eigenvalue weighted by molar-refractivity contribution is 5.49. The van der Waals surface area contributed by atoms with E-state index < -0.39 is 4.92 Å². The van der Waals surface area contributed by atoms with Gasteiger partial charge in [-0.15, -0.1) is 0 Å². The summed E-state index contributed by atoms with van der Waals surface area (Å²) >= 11 is 0. The summed E-state index contributed by atoms with van der Waals surface area (Å²) < 4.78 is 1.50. The monoisotopic (exact) mass is 233 g/mol. The van der Waals surface area contributed by atoms with Crippen LogP contribution in [-0.2, 0) is 0 Å². The molecule has 2 aromatic heterocycles. The fourth-order valence-corrected chi connectivity index (χ4v) is 1.40. The third-order valence-electron chi connectivity index (χ3n) is 2.22. The maximum Gasteiger partial charge on any atom is 0.276 e. The van der Waals surface area contributed by atoms with Crippen LogP contribution in [-0.4, -0.2) is 26.7 Å². The molecule has 7 heteroatoms. The Morgan fingerprint density at radius 2 is 2.24 bits per heavy atom. The van der Waals surface area contributed by atoms with Crippen LogP contribution in [0.1, 0.15) is 5.69 Å². The topological polar surface area (TPSA) is 85.9 Å². The first-order valence-electron chi connectivity index (χ1n) is 4.97. The van der Waals surface area contributed by atoms with Crippen LogP contribution in [0.2, 0.25) is 0 Å². The molecule has 0 radical (unpaired) electrons. The Labute approximate surface area is 97.2 Å². The van der Waals surface area contributed by atoms with E-state index in [4.69, 9.17) is 0 Å². The van der Waals surface area contributed by atoms with Crippen molar-refractivity contribution in [2.45, 2.75) is 6.92 Å². The highest BCUT2D eigenvalue weighted by Crippen LogP contribution is 2.19. The molecular weight excluding hydrogens is 222 g/mol. The van der Waals surface area contributed by atoms with E-state index in [1.165, 1.54) is 16.8 Å². The second kappa shape index (κ2) is 4.20. The van der Waals surface area contributed by atoms with Gasteiger partial charge in [0.15, 0.2) is 5.82 Å². The lowest BCUT2D eigenvalue weighted by molar-refractivity contribution is -0.384. The first kappa shape index (κ1) is 11.1. The van der Waals surface area contributed by atoms with E-state index >= 15 is 0 Å². The van der Waals surface area contributed by atoms with Crippen molar-refractivity contribution in [2.75, 3.05) is 12.4 Å². The summed E-state index contributed by atoms with van der Waals surface area (Å²) in [4.78, 5) is 14.5. The van der Waals surface area contributed by atoms with Crippen molar-refractivity contribution in [3.05, 3.63) is 40.2 Å². The van der Waals surface area contributed by atoms with Gasteiger partial charge in [-0.2, -0.15) is 5.10 Å². The summed E-state index contributed by atoms with van der Waals surface area (Å²) in [7, 11) is 1.66. The van der Waals surface area contributed by atoms with Gasteiger partial charge >= 0.3 is 0 Å². The molecule has 0 aromatic carbocycles. The molecule has 0 amide bonds. The van der Waals surface area contributed by atoms with Crippen LogP contribution >= 0.6 is 0 Å². The van der Waals surface area contributed by atoms with Crippen LogP contribution < -0.4 is 5.32 Å². The molecular formula is C10H11N5O2. The molecule has 0 unspecified atom stereocenters. The lowest BCUT2D eigenvalue weighted by Crippen LogP contribution is -2.03. The fourth-order valence-electron chi connectivity index (χ4n) is 1.40. The molecule has 0 saturated heterocycles. The number of hydrogen-bond acceptors (Lipinski definition) is 5. The van der Waals surface area contributed by atoms with Crippen LogP contribution in [0.4, 0.5) is 11.5 Å². The average molecular weight is 233 g/mol. The summed E-state index contributed by atoms with van der Waals surface area (Å²) in [6.45, 7) is 1.84. The Morgan fingerprint density at radius 1 is 1.47 bits per heavy atom. The normalized spacial score (nSPS) is 10.2. The van der Waals surface area contributed by atoms with Crippen molar-refractivity contribution in [3.8, 4) is 5.82 Å². The van der Waals surface area contributed by atoms with Gasteiger partial charge < -0.3 is 5.32 Å². The molecule has 1 N–H and O–H groups in total. The molecule has 2 heterocycles. The second-order valence-electron chi connectivity index (χ2n) is 3.48. The van der Waals surface area contributed by atoms with Crippen molar-refractivity contribution in [1.29, 1.82) is 0 Å². The van der Waals surface area contributed by atoms with Gasteiger partial charge in [-0.3, -0.25) is 10.1 Å². The largest absolute Gasteiger partial charge is 0.373 e. The molecule has 0 aliphatic rings. The summed E-state index contributed by atoms with van der Waals surface area (Å²) in [6, 6.07) is 4.56. The second-order valence-corrected chi connectivity index (χ2v) is 3.48. The molecule has 2 aromatic rings. The molecule has 17 heavy (non-hydrogen) atoms. The first-order valence-corrected chi connectivity index (χ1v) is 4.97. The maximum atomic E-state index is 10.8. The smallest absolute Gasteiger partial charge is 0.276 e.